The number of anilines is 1. The number of benzene rings is 3. The molecule has 5 heteroatoms. The Labute approximate surface area is 225 Å². The smallest absolute Gasteiger partial charge is 0.173 e. The normalized spacial score (nSPS) is 10.9. The maximum absolute atomic E-state index is 6.10. The Morgan fingerprint density at radius 1 is 0.944 bits per heavy atom. The lowest BCUT2D eigenvalue weighted by Crippen LogP contribution is -2.36. The Balaban J connectivity index is 1.55. The van der Waals surface area contributed by atoms with Gasteiger partial charge in [0.2, 0.25) is 0 Å². The Bertz CT molecular complexity index is 1310. The molecule has 0 atom stereocenters. The number of halogens is 1. The molecule has 0 spiro atoms. The first-order valence-corrected chi connectivity index (χ1v) is 13.3. The first-order valence-electron chi connectivity index (χ1n) is 12.5. The zero-order valence-corrected chi connectivity index (χ0v) is 22.9. The van der Waals surface area contributed by atoms with E-state index < -0.39 is 0 Å². The summed E-state index contributed by atoms with van der Waals surface area (Å²) < 4.78 is 2.33. The highest BCUT2D eigenvalue weighted by Crippen LogP contribution is 2.19. The Kier molecular flexibility index (Phi) is 8.84. The van der Waals surface area contributed by atoms with Crippen molar-refractivity contribution in [1.82, 2.24) is 9.47 Å². The van der Waals surface area contributed by atoms with Crippen molar-refractivity contribution in [3.63, 3.8) is 0 Å². The van der Waals surface area contributed by atoms with Gasteiger partial charge >= 0.3 is 0 Å². The molecule has 0 fully saturated rings. The molecule has 1 aromatic heterocycles. The summed E-state index contributed by atoms with van der Waals surface area (Å²) in [6, 6.07) is 27.5. The number of nitrogens with one attached hydrogen (secondary N) is 1. The number of hydrogen-bond donors (Lipinski definition) is 1. The molecule has 0 saturated heterocycles. The molecule has 0 unspecified atom stereocenters. The van der Waals surface area contributed by atoms with E-state index in [1.165, 1.54) is 33.5 Å². The van der Waals surface area contributed by atoms with E-state index in [0.29, 0.717) is 0 Å². The minimum atomic E-state index is 0.728. The number of para-hydroxylation sites is 1. The van der Waals surface area contributed by atoms with Crippen molar-refractivity contribution in [2.24, 2.45) is 0 Å². The van der Waals surface area contributed by atoms with Crippen molar-refractivity contribution in [1.29, 1.82) is 0 Å². The van der Waals surface area contributed by atoms with Gasteiger partial charge in [-0.2, -0.15) is 0 Å². The molecule has 0 aliphatic rings. The molecule has 3 nitrogen and oxygen atoms in total. The number of thiocarbonyl (C=S) groups is 1. The molecule has 0 saturated carbocycles. The highest BCUT2D eigenvalue weighted by atomic mass is 35.5. The quantitative estimate of drug-likeness (QED) is 0.229. The number of nitrogens with zero attached hydrogens (tertiary/aromatic N) is 2. The summed E-state index contributed by atoms with van der Waals surface area (Å²) in [5.41, 5.74) is 8.76. The van der Waals surface area contributed by atoms with Crippen molar-refractivity contribution < 1.29 is 0 Å². The molecule has 1 N–H and O–H groups in total. The standard InChI is InChI=1S/C31H34ClN3S/c1-4-26-8-5-6-10-30(26)33-31(36)35(19-17-25-12-15-28(32)16-13-25)22-29-9-7-18-34(29)21-27-14-11-23(2)20-24(27)3/h5-16,18,20H,4,17,19,21-22H2,1-3H3,(H,33,36). The molecule has 0 aliphatic heterocycles. The van der Waals surface area contributed by atoms with E-state index in [1.807, 2.05) is 12.1 Å². The molecule has 0 bridgehead atoms. The molecule has 0 amide bonds. The number of aromatic nitrogens is 1. The molecular weight excluding hydrogens is 482 g/mol. The van der Waals surface area contributed by atoms with Crippen LogP contribution in [0.15, 0.2) is 85.1 Å². The maximum atomic E-state index is 6.10. The molecule has 1 heterocycles. The average Bonchev–Trinajstić information content (AvgIpc) is 3.31. The summed E-state index contributed by atoms with van der Waals surface area (Å²) in [4.78, 5) is 2.27. The fraction of sp³-hybridized carbons (Fsp3) is 0.258. The van der Waals surface area contributed by atoms with E-state index in [0.717, 1.165) is 48.3 Å². The monoisotopic (exact) mass is 515 g/mol. The van der Waals surface area contributed by atoms with Gasteiger partial charge < -0.3 is 14.8 Å². The van der Waals surface area contributed by atoms with Crippen LogP contribution in [0.25, 0.3) is 0 Å². The highest BCUT2D eigenvalue weighted by molar-refractivity contribution is 7.80. The van der Waals surface area contributed by atoms with Gasteiger partial charge in [-0.25, -0.2) is 0 Å². The lowest BCUT2D eigenvalue weighted by molar-refractivity contribution is 0.409. The summed E-state index contributed by atoms with van der Waals surface area (Å²) in [6.07, 6.45) is 4.00. The van der Waals surface area contributed by atoms with Gasteiger partial charge in [-0.1, -0.05) is 72.6 Å². The second-order valence-corrected chi connectivity index (χ2v) is 10.1. The molecule has 186 valence electrons. The number of rotatable bonds is 9. The topological polar surface area (TPSA) is 20.2 Å². The number of aryl methyl sites for hydroxylation is 3. The largest absolute Gasteiger partial charge is 0.345 e. The van der Waals surface area contributed by atoms with Crippen LogP contribution < -0.4 is 5.32 Å². The Morgan fingerprint density at radius 2 is 1.72 bits per heavy atom. The van der Waals surface area contributed by atoms with E-state index in [-0.39, 0.29) is 0 Å². The average molecular weight is 516 g/mol. The van der Waals surface area contributed by atoms with Crippen LogP contribution in [0.1, 0.15) is 40.4 Å². The van der Waals surface area contributed by atoms with Gasteiger partial charge in [0, 0.05) is 35.7 Å². The van der Waals surface area contributed by atoms with E-state index in [4.69, 9.17) is 23.8 Å². The third-order valence-corrected chi connectivity index (χ3v) is 7.24. The van der Waals surface area contributed by atoms with Crippen LogP contribution in [0.3, 0.4) is 0 Å². The number of hydrogen-bond acceptors (Lipinski definition) is 1. The summed E-state index contributed by atoms with van der Waals surface area (Å²) in [7, 11) is 0. The van der Waals surface area contributed by atoms with Gasteiger partial charge in [-0.05, 0) is 91.5 Å². The zero-order valence-electron chi connectivity index (χ0n) is 21.3. The van der Waals surface area contributed by atoms with Gasteiger partial charge in [-0.15, -0.1) is 0 Å². The molecule has 4 aromatic rings. The van der Waals surface area contributed by atoms with Gasteiger partial charge in [0.1, 0.15) is 0 Å². The third kappa shape index (κ3) is 6.77. The maximum Gasteiger partial charge on any atom is 0.173 e. The van der Waals surface area contributed by atoms with Crippen LogP contribution in [0, 0.1) is 13.8 Å². The molecule has 36 heavy (non-hydrogen) atoms. The van der Waals surface area contributed by atoms with E-state index in [9.17, 15) is 0 Å². The van der Waals surface area contributed by atoms with Crippen LogP contribution in [0.2, 0.25) is 5.02 Å². The van der Waals surface area contributed by atoms with Crippen molar-refractivity contribution in [3.8, 4) is 0 Å². The van der Waals surface area contributed by atoms with Gasteiger partial charge in [0.15, 0.2) is 5.11 Å². The van der Waals surface area contributed by atoms with E-state index in [1.54, 1.807) is 0 Å². The van der Waals surface area contributed by atoms with E-state index in [2.05, 4.69) is 108 Å². The molecule has 0 radical (unpaired) electrons. The van der Waals surface area contributed by atoms with Gasteiger partial charge in [0.05, 0.1) is 6.54 Å². The van der Waals surface area contributed by atoms with Crippen LogP contribution in [-0.4, -0.2) is 21.1 Å². The Morgan fingerprint density at radius 3 is 2.47 bits per heavy atom. The predicted molar refractivity (Wildman–Crippen MR) is 157 cm³/mol. The van der Waals surface area contributed by atoms with Crippen molar-refractivity contribution in [2.75, 3.05) is 11.9 Å². The highest BCUT2D eigenvalue weighted by Gasteiger charge is 2.15. The first kappa shape index (κ1) is 26.0. The lowest BCUT2D eigenvalue weighted by Gasteiger charge is -2.27. The second-order valence-electron chi connectivity index (χ2n) is 9.30. The van der Waals surface area contributed by atoms with Crippen molar-refractivity contribution in [2.45, 2.75) is 46.7 Å². The van der Waals surface area contributed by atoms with Gasteiger partial charge in [-0.3, -0.25) is 0 Å². The Hall–Kier alpha value is -3.08. The fourth-order valence-corrected chi connectivity index (χ4v) is 4.85. The molecule has 0 aliphatic carbocycles. The van der Waals surface area contributed by atoms with Crippen LogP contribution in [0.5, 0.6) is 0 Å². The van der Waals surface area contributed by atoms with Crippen LogP contribution >= 0.6 is 23.8 Å². The van der Waals surface area contributed by atoms with Crippen LogP contribution in [-0.2, 0) is 25.9 Å². The zero-order chi connectivity index (χ0) is 25.5. The van der Waals surface area contributed by atoms with Crippen molar-refractivity contribution >= 4 is 34.6 Å². The first-order chi connectivity index (χ1) is 17.4. The fourth-order valence-electron chi connectivity index (χ4n) is 4.46. The minimum absolute atomic E-state index is 0.728. The van der Waals surface area contributed by atoms with Crippen LogP contribution in [0.4, 0.5) is 5.69 Å². The molecule has 4 rings (SSSR count). The summed E-state index contributed by atoms with van der Waals surface area (Å²) in [5.74, 6) is 0. The summed E-state index contributed by atoms with van der Waals surface area (Å²) in [5, 5.41) is 5.03. The molecule has 3 aromatic carbocycles. The lowest BCUT2D eigenvalue weighted by atomic mass is 10.1. The predicted octanol–water partition coefficient (Wildman–Crippen LogP) is 7.81. The summed E-state index contributed by atoms with van der Waals surface area (Å²) >= 11 is 12.1. The third-order valence-electron chi connectivity index (χ3n) is 6.63. The minimum Gasteiger partial charge on any atom is -0.345 e. The summed E-state index contributed by atoms with van der Waals surface area (Å²) in [6.45, 7) is 8.87. The molecular formula is C31H34ClN3S. The van der Waals surface area contributed by atoms with Gasteiger partial charge in [0.25, 0.3) is 0 Å². The van der Waals surface area contributed by atoms with E-state index >= 15 is 0 Å². The van der Waals surface area contributed by atoms with Crippen molar-refractivity contribution in [3.05, 3.63) is 124 Å². The second kappa shape index (κ2) is 12.2. The SMILES string of the molecule is CCc1ccccc1NC(=S)N(CCc1ccc(Cl)cc1)Cc1cccn1Cc1ccc(C)cc1C.